The predicted octanol–water partition coefficient (Wildman–Crippen LogP) is 4.05. The SMILES string of the molecule is CCN(c1ccccc1)c1ncnc(Cl)c1Br. The van der Waals surface area contributed by atoms with Crippen LogP contribution < -0.4 is 4.90 Å². The number of rotatable bonds is 3. The smallest absolute Gasteiger partial charge is 0.152 e. The zero-order valence-corrected chi connectivity index (χ0v) is 11.6. The van der Waals surface area contributed by atoms with Gasteiger partial charge in [-0.1, -0.05) is 29.8 Å². The molecule has 1 aromatic heterocycles. The monoisotopic (exact) mass is 311 g/mol. The normalized spacial score (nSPS) is 10.3. The molecule has 5 heteroatoms. The van der Waals surface area contributed by atoms with E-state index in [9.17, 15) is 0 Å². The van der Waals surface area contributed by atoms with Crippen LogP contribution in [0.5, 0.6) is 0 Å². The second-order valence-corrected chi connectivity index (χ2v) is 4.53. The molecule has 1 aromatic carbocycles. The van der Waals surface area contributed by atoms with Gasteiger partial charge in [0.1, 0.15) is 11.5 Å². The van der Waals surface area contributed by atoms with E-state index < -0.39 is 0 Å². The maximum Gasteiger partial charge on any atom is 0.152 e. The van der Waals surface area contributed by atoms with E-state index in [-0.39, 0.29) is 0 Å². The Morgan fingerprint density at radius 3 is 2.59 bits per heavy atom. The van der Waals surface area contributed by atoms with E-state index in [1.165, 1.54) is 6.33 Å². The van der Waals surface area contributed by atoms with Gasteiger partial charge < -0.3 is 4.90 Å². The van der Waals surface area contributed by atoms with Crippen LogP contribution in [-0.4, -0.2) is 16.5 Å². The fourth-order valence-electron chi connectivity index (χ4n) is 1.59. The Morgan fingerprint density at radius 1 is 1.24 bits per heavy atom. The molecule has 0 saturated heterocycles. The summed E-state index contributed by atoms with van der Waals surface area (Å²) in [6.07, 6.45) is 1.47. The molecule has 1 heterocycles. The average Bonchev–Trinajstić information content (AvgIpc) is 2.37. The zero-order chi connectivity index (χ0) is 12.3. The van der Waals surface area contributed by atoms with Gasteiger partial charge in [-0.05, 0) is 35.0 Å². The van der Waals surface area contributed by atoms with Crippen molar-refractivity contribution in [2.75, 3.05) is 11.4 Å². The zero-order valence-electron chi connectivity index (χ0n) is 9.27. The molecule has 2 rings (SSSR count). The molecule has 0 fully saturated rings. The van der Waals surface area contributed by atoms with E-state index in [4.69, 9.17) is 11.6 Å². The molecule has 0 N–H and O–H groups in total. The highest BCUT2D eigenvalue weighted by Crippen LogP contribution is 2.33. The van der Waals surface area contributed by atoms with Crippen molar-refractivity contribution < 1.29 is 0 Å². The fourth-order valence-corrected chi connectivity index (χ4v) is 2.14. The van der Waals surface area contributed by atoms with Crippen molar-refractivity contribution in [1.82, 2.24) is 9.97 Å². The van der Waals surface area contributed by atoms with Crippen molar-refractivity contribution in [3.8, 4) is 0 Å². The Bertz CT molecular complexity index is 504. The Labute approximate surface area is 114 Å². The number of nitrogens with zero attached hydrogens (tertiary/aromatic N) is 3. The molecule has 0 aliphatic rings. The maximum atomic E-state index is 5.98. The molecule has 0 amide bonds. The van der Waals surface area contributed by atoms with Crippen LogP contribution in [0.25, 0.3) is 0 Å². The molecular formula is C12H11BrClN3. The van der Waals surface area contributed by atoms with Crippen LogP contribution in [0, 0.1) is 0 Å². The number of hydrogen-bond acceptors (Lipinski definition) is 3. The van der Waals surface area contributed by atoms with Gasteiger partial charge in [0.25, 0.3) is 0 Å². The minimum atomic E-state index is 0.421. The van der Waals surface area contributed by atoms with Gasteiger partial charge in [-0.15, -0.1) is 0 Å². The van der Waals surface area contributed by atoms with Gasteiger partial charge in [0, 0.05) is 12.2 Å². The lowest BCUT2D eigenvalue weighted by atomic mass is 10.3. The van der Waals surface area contributed by atoms with E-state index in [2.05, 4.69) is 37.7 Å². The van der Waals surface area contributed by atoms with Crippen molar-refractivity contribution in [2.24, 2.45) is 0 Å². The van der Waals surface area contributed by atoms with Gasteiger partial charge in [-0.3, -0.25) is 0 Å². The first-order chi connectivity index (χ1) is 8.24. The standard InChI is InChI=1S/C12H11BrClN3/c1-2-17(9-6-4-3-5-7-9)12-10(13)11(14)15-8-16-12/h3-8H,2H2,1H3. The summed E-state index contributed by atoms with van der Waals surface area (Å²) in [6.45, 7) is 2.87. The van der Waals surface area contributed by atoms with Crippen LogP contribution in [-0.2, 0) is 0 Å². The molecule has 0 radical (unpaired) electrons. The molecule has 0 aliphatic carbocycles. The van der Waals surface area contributed by atoms with E-state index in [1.54, 1.807) is 0 Å². The lowest BCUT2D eigenvalue weighted by molar-refractivity contribution is 0.969. The number of benzene rings is 1. The summed E-state index contributed by atoms with van der Waals surface area (Å²) < 4.78 is 0.715. The van der Waals surface area contributed by atoms with E-state index >= 15 is 0 Å². The summed E-state index contributed by atoms with van der Waals surface area (Å²) >= 11 is 9.40. The lowest BCUT2D eigenvalue weighted by Gasteiger charge is -2.23. The lowest BCUT2D eigenvalue weighted by Crippen LogP contribution is -2.18. The van der Waals surface area contributed by atoms with Gasteiger partial charge in [0.15, 0.2) is 5.82 Å². The van der Waals surface area contributed by atoms with E-state index in [0.29, 0.717) is 9.63 Å². The molecule has 0 unspecified atom stereocenters. The van der Waals surface area contributed by atoms with Crippen LogP contribution in [0.1, 0.15) is 6.92 Å². The molecule has 88 valence electrons. The van der Waals surface area contributed by atoms with E-state index in [1.807, 2.05) is 30.3 Å². The molecule has 0 atom stereocenters. The van der Waals surface area contributed by atoms with Crippen molar-refractivity contribution in [3.05, 3.63) is 46.3 Å². The van der Waals surface area contributed by atoms with Crippen molar-refractivity contribution in [1.29, 1.82) is 0 Å². The molecule has 2 aromatic rings. The highest BCUT2D eigenvalue weighted by molar-refractivity contribution is 9.10. The largest absolute Gasteiger partial charge is 0.326 e. The molecule has 0 bridgehead atoms. The van der Waals surface area contributed by atoms with Gasteiger partial charge >= 0.3 is 0 Å². The third-order valence-electron chi connectivity index (χ3n) is 2.37. The van der Waals surface area contributed by atoms with Gasteiger partial charge in [-0.25, -0.2) is 9.97 Å². The molecule has 0 saturated carbocycles. The summed E-state index contributed by atoms with van der Waals surface area (Å²) in [5, 5.41) is 0.421. The molecule has 0 aliphatic heterocycles. The first-order valence-electron chi connectivity index (χ1n) is 5.22. The summed E-state index contributed by atoms with van der Waals surface area (Å²) in [5.74, 6) is 0.777. The van der Waals surface area contributed by atoms with Crippen molar-refractivity contribution >= 4 is 39.0 Å². The van der Waals surface area contributed by atoms with Gasteiger partial charge in [-0.2, -0.15) is 0 Å². The first kappa shape index (κ1) is 12.3. The summed E-state index contributed by atoms with van der Waals surface area (Å²) in [6, 6.07) is 10.0. The Balaban J connectivity index is 2.46. The van der Waals surface area contributed by atoms with Crippen molar-refractivity contribution in [3.63, 3.8) is 0 Å². The second kappa shape index (κ2) is 5.47. The quantitative estimate of drug-likeness (QED) is 0.801. The average molecular weight is 313 g/mol. The van der Waals surface area contributed by atoms with Crippen LogP contribution in [0.15, 0.2) is 41.1 Å². The highest BCUT2D eigenvalue weighted by atomic mass is 79.9. The Kier molecular flexibility index (Phi) is 3.97. The third kappa shape index (κ3) is 2.58. The van der Waals surface area contributed by atoms with Crippen LogP contribution in [0.4, 0.5) is 11.5 Å². The molecule has 0 spiro atoms. The number of halogens is 2. The Hall–Kier alpha value is -1.13. The molecule has 3 nitrogen and oxygen atoms in total. The second-order valence-electron chi connectivity index (χ2n) is 3.38. The third-order valence-corrected chi connectivity index (χ3v) is 3.61. The summed E-state index contributed by atoms with van der Waals surface area (Å²) in [7, 11) is 0. The van der Waals surface area contributed by atoms with Crippen LogP contribution in [0.3, 0.4) is 0 Å². The predicted molar refractivity (Wildman–Crippen MR) is 73.9 cm³/mol. The maximum absolute atomic E-state index is 5.98. The topological polar surface area (TPSA) is 29.0 Å². The molecule has 17 heavy (non-hydrogen) atoms. The van der Waals surface area contributed by atoms with Crippen molar-refractivity contribution in [2.45, 2.75) is 6.92 Å². The minimum Gasteiger partial charge on any atom is -0.326 e. The Morgan fingerprint density at radius 2 is 1.94 bits per heavy atom. The minimum absolute atomic E-state index is 0.421. The molecular weight excluding hydrogens is 302 g/mol. The van der Waals surface area contributed by atoms with Crippen LogP contribution >= 0.6 is 27.5 Å². The number of hydrogen-bond donors (Lipinski definition) is 0. The summed E-state index contributed by atoms with van der Waals surface area (Å²) in [4.78, 5) is 10.3. The summed E-state index contributed by atoms with van der Waals surface area (Å²) in [5.41, 5.74) is 1.07. The highest BCUT2D eigenvalue weighted by Gasteiger charge is 2.14. The van der Waals surface area contributed by atoms with Gasteiger partial charge in [0.05, 0.1) is 4.47 Å². The number of anilines is 2. The first-order valence-corrected chi connectivity index (χ1v) is 6.39. The van der Waals surface area contributed by atoms with Crippen LogP contribution in [0.2, 0.25) is 5.15 Å². The number of aromatic nitrogens is 2. The fraction of sp³-hybridized carbons (Fsp3) is 0.167. The number of para-hydroxylation sites is 1. The van der Waals surface area contributed by atoms with E-state index in [0.717, 1.165) is 18.1 Å². The van der Waals surface area contributed by atoms with Gasteiger partial charge in [0.2, 0.25) is 0 Å².